The number of fused-ring (bicyclic) bond motifs is 1. The Balaban J connectivity index is 0.00000341. The van der Waals surface area contributed by atoms with E-state index in [-0.39, 0.29) is 36.4 Å². The minimum atomic E-state index is -4.37. The quantitative estimate of drug-likeness (QED) is 0.310. The summed E-state index contributed by atoms with van der Waals surface area (Å²) in [5.41, 5.74) is 1.01. The molecule has 1 aromatic heterocycles. The van der Waals surface area contributed by atoms with Crippen molar-refractivity contribution >= 4 is 47.2 Å². The Bertz CT molecular complexity index is 901. The highest BCUT2D eigenvalue weighted by Crippen LogP contribution is 2.29. The number of rotatable bonds is 6. The van der Waals surface area contributed by atoms with Gasteiger partial charge in [-0.1, -0.05) is 12.1 Å². The number of hydrogen-bond acceptors (Lipinski definition) is 3. The van der Waals surface area contributed by atoms with Gasteiger partial charge in [-0.2, -0.15) is 13.2 Å². The van der Waals surface area contributed by atoms with Gasteiger partial charge < -0.3 is 15.5 Å². The molecule has 1 amide bonds. The summed E-state index contributed by atoms with van der Waals surface area (Å²) in [7, 11) is 0. The normalized spacial score (nSPS) is 13.9. The molecular formula is C21H26F3IN4OS. The molecule has 0 saturated carbocycles. The zero-order valence-corrected chi connectivity index (χ0v) is 20.3. The zero-order valence-electron chi connectivity index (χ0n) is 17.2. The standard InChI is InChI=1S/C21H25F3N4OS.HI/c1-2-25-20(27-13-15-4-3-5-17(12-15)21(22,23)24)26-9-6-19(29)28-10-7-18-16(14-28)8-11-30-18;/h3-5,8,11-12H,2,6-7,9-10,13-14H2,1H3,(H2,25,26,27);1H. The van der Waals surface area contributed by atoms with Gasteiger partial charge in [-0.25, -0.2) is 4.99 Å². The molecule has 5 nitrogen and oxygen atoms in total. The third kappa shape index (κ3) is 7.37. The van der Waals surface area contributed by atoms with Crippen LogP contribution in [-0.4, -0.2) is 36.4 Å². The number of halogens is 4. The summed E-state index contributed by atoms with van der Waals surface area (Å²) in [5.74, 6) is 0.551. The summed E-state index contributed by atoms with van der Waals surface area (Å²) in [4.78, 5) is 20.1. The van der Waals surface area contributed by atoms with Crippen LogP contribution in [0.25, 0.3) is 0 Å². The second kappa shape index (κ2) is 11.7. The molecule has 2 N–H and O–H groups in total. The Kier molecular flexibility index (Phi) is 9.60. The molecule has 0 aliphatic carbocycles. The van der Waals surface area contributed by atoms with Crippen molar-refractivity contribution in [3.63, 3.8) is 0 Å². The van der Waals surface area contributed by atoms with Crippen LogP contribution in [0.15, 0.2) is 40.7 Å². The maximum atomic E-state index is 12.9. The zero-order chi connectivity index (χ0) is 21.6. The van der Waals surface area contributed by atoms with Gasteiger partial charge in [0.1, 0.15) is 0 Å². The second-order valence-corrected chi connectivity index (χ2v) is 8.01. The minimum absolute atomic E-state index is 0. The van der Waals surface area contributed by atoms with Crippen molar-refractivity contribution in [2.45, 2.75) is 39.0 Å². The van der Waals surface area contributed by atoms with Crippen LogP contribution in [0.1, 0.15) is 34.9 Å². The molecule has 3 rings (SSSR count). The predicted octanol–water partition coefficient (Wildman–Crippen LogP) is 4.42. The minimum Gasteiger partial charge on any atom is -0.357 e. The number of guanidine groups is 1. The molecule has 2 heterocycles. The van der Waals surface area contributed by atoms with Gasteiger partial charge in [-0.3, -0.25) is 4.79 Å². The average Bonchev–Trinajstić information content (AvgIpc) is 3.19. The Hall–Kier alpha value is -1.82. The van der Waals surface area contributed by atoms with E-state index in [1.807, 2.05) is 11.8 Å². The van der Waals surface area contributed by atoms with E-state index >= 15 is 0 Å². The summed E-state index contributed by atoms with van der Waals surface area (Å²) in [6, 6.07) is 7.21. The molecule has 1 aliphatic rings. The molecule has 1 aliphatic heterocycles. The number of alkyl halides is 3. The first-order valence-electron chi connectivity index (χ1n) is 9.88. The highest BCUT2D eigenvalue weighted by atomic mass is 127. The van der Waals surface area contributed by atoms with E-state index in [9.17, 15) is 18.0 Å². The predicted molar refractivity (Wildman–Crippen MR) is 128 cm³/mol. The summed E-state index contributed by atoms with van der Waals surface area (Å²) < 4.78 is 38.6. The number of benzene rings is 1. The monoisotopic (exact) mass is 566 g/mol. The fourth-order valence-electron chi connectivity index (χ4n) is 3.27. The van der Waals surface area contributed by atoms with Crippen molar-refractivity contribution in [3.05, 3.63) is 57.3 Å². The van der Waals surface area contributed by atoms with Gasteiger partial charge in [0.05, 0.1) is 12.1 Å². The molecule has 170 valence electrons. The van der Waals surface area contributed by atoms with Gasteiger partial charge in [0.15, 0.2) is 5.96 Å². The fraction of sp³-hybridized carbons (Fsp3) is 0.429. The van der Waals surface area contributed by atoms with Gasteiger partial charge in [-0.15, -0.1) is 35.3 Å². The summed E-state index contributed by atoms with van der Waals surface area (Å²) in [6.45, 7) is 4.41. The summed E-state index contributed by atoms with van der Waals surface area (Å²) >= 11 is 1.74. The smallest absolute Gasteiger partial charge is 0.357 e. The first kappa shape index (κ1) is 25.4. The lowest BCUT2D eigenvalue weighted by molar-refractivity contribution is -0.137. The number of hydrogen-bond donors (Lipinski definition) is 2. The highest BCUT2D eigenvalue weighted by Gasteiger charge is 2.30. The first-order valence-corrected chi connectivity index (χ1v) is 10.8. The molecule has 0 unspecified atom stereocenters. The molecule has 0 fully saturated rings. The lowest BCUT2D eigenvalue weighted by Crippen LogP contribution is -2.41. The lowest BCUT2D eigenvalue weighted by Gasteiger charge is -2.27. The summed E-state index contributed by atoms with van der Waals surface area (Å²) in [6.07, 6.45) is -3.15. The molecule has 1 aromatic carbocycles. The summed E-state index contributed by atoms with van der Waals surface area (Å²) in [5, 5.41) is 8.20. The van der Waals surface area contributed by atoms with Crippen LogP contribution in [0.3, 0.4) is 0 Å². The first-order chi connectivity index (χ1) is 14.4. The van der Waals surface area contributed by atoms with Gasteiger partial charge in [0, 0.05) is 37.5 Å². The van der Waals surface area contributed by atoms with Crippen LogP contribution in [0.2, 0.25) is 0 Å². The van der Waals surface area contributed by atoms with Gasteiger partial charge in [0.25, 0.3) is 0 Å². The number of carbonyl (C=O) groups excluding carboxylic acids is 1. The van der Waals surface area contributed by atoms with Gasteiger partial charge in [0.2, 0.25) is 5.91 Å². The van der Waals surface area contributed by atoms with Crippen LogP contribution in [-0.2, 0) is 30.5 Å². The number of aliphatic imine (C=N–C) groups is 1. The molecular weight excluding hydrogens is 540 g/mol. The molecule has 0 bridgehead atoms. The molecule has 0 atom stereocenters. The van der Waals surface area contributed by atoms with Crippen LogP contribution in [0, 0.1) is 0 Å². The van der Waals surface area contributed by atoms with E-state index in [0.29, 0.717) is 37.6 Å². The van der Waals surface area contributed by atoms with E-state index in [1.54, 1.807) is 17.4 Å². The van der Waals surface area contributed by atoms with E-state index in [0.717, 1.165) is 25.1 Å². The van der Waals surface area contributed by atoms with Crippen molar-refractivity contribution < 1.29 is 18.0 Å². The number of thiophene rings is 1. The van der Waals surface area contributed by atoms with Crippen molar-refractivity contribution in [1.29, 1.82) is 0 Å². The maximum Gasteiger partial charge on any atom is 0.416 e. The average molecular weight is 566 g/mol. The van der Waals surface area contributed by atoms with E-state index in [2.05, 4.69) is 27.1 Å². The van der Waals surface area contributed by atoms with Crippen LogP contribution >= 0.6 is 35.3 Å². The van der Waals surface area contributed by atoms with Crippen molar-refractivity contribution in [1.82, 2.24) is 15.5 Å². The number of carbonyl (C=O) groups is 1. The maximum absolute atomic E-state index is 12.9. The fourth-order valence-corrected chi connectivity index (χ4v) is 4.16. The molecule has 10 heteroatoms. The van der Waals surface area contributed by atoms with Crippen molar-refractivity contribution in [2.75, 3.05) is 19.6 Å². The van der Waals surface area contributed by atoms with Gasteiger partial charge >= 0.3 is 6.18 Å². The Morgan fingerprint density at radius 3 is 2.81 bits per heavy atom. The largest absolute Gasteiger partial charge is 0.416 e. The molecule has 0 radical (unpaired) electrons. The van der Waals surface area contributed by atoms with E-state index in [4.69, 9.17) is 0 Å². The van der Waals surface area contributed by atoms with E-state index < -0.39 is 11.7 Å². The third-order valence-electron chi connectivity index (χ3n) is 4.81. The van der Waals surface area contributed by atoms with Crippen molar-refractivity contribution in [3.8, 4) is 0 Å². The molecule has 31 heavy (non-hydrogen) atoms. The Morgan fingerprint density at radius 1 is 1.26 bits per heavy atom. The molecule has 2 aromatic rings. The van der Waals surface area contributed by atoms with Crippen molar-refractivity contribution in [2.24, 2.45) is 4.99 Å². The Morgan fingerprint density at radius 2 is 2.06 bits per heavy atom. The van der Waals surface area contributed by atoms with Crippen LogP contribution in [0.4, 0.5) is 13.2 Å². The van der Waals surface area contributed by atoms with Crippen LogP contribution < -0.4 is 10.6 Å². The SMILES string of the molecule is CCNC(=NCc1cccc(C(F)(F)F)c1)NCCC(=O)N1CCc2sccc2C1.I. The highest BCUT2D eigenvalue weighted by molar-refractivity contribution is 14.0. The lowest BCUT2D eigenvalue weighted by atomic mass is 10.1. The number of amides is 1. The number of nitrogens with zero attached hydrogens (tertiary/aromatic N) is 2. The second-order valence-electron chi connectivity index (χ2n) is 7.00. The topological polar surface area (TPSA) is 56.7 Å². The van der Waals surface area contributed by atoms with Crippen LogP contribution in [0.5, 0.6) is 0 Å². The third-order valence-corrected chi connectivity index (χ3v) is 5.83. The molecule has 0 saturated heterocycles. The number of nitrogens with one attached hydrogen (secondary N) is 2. The van der Waals surface area contributed by atoms with Gasteiger partial charge in [-0.05, 0) is 48.1 Å². The van der Waals surface area contributed by atoms with E-state index in [1.165, 1.54) is 16.5 Å². The molecule has 0 spiro atoms. The Labute approximate surface area is 201 Å².